The van der Waals surface area contributed by atoms with E-state index in [2.05, 4.69) is 6.58 Å². The van der Waals surface area contributed by atoms with Gasteiger partial charge in [0.2, 0.25) is 9.76 Å². The van der Waals surface area contributed by atoms with Gasteiger partial charge in [-0.05, 0) is 6.92 Å². The van der Waals surface area contributed by atoms with Crippen LogP contribution in [-0.2, 0) is 14.0 Å². The van der Waals surface area contributed by atoms with E-state index in [4.69, 9.17) is 9.16 Å². The van der Waals surface area contributed by atoms with Crippen LogP contribution in [0.4, 0.5) is 0 Å². The molecule has 0 aliphatic heterocycles. The van der Waals surface area contributed by atoms with Crippen molar-refractivity contribution in [2.45, 2.75) is 13.8 Å². The highest BCUT2D eigenvalue weighted by Crippen LogP contribution is 1.86. The smallest absolute Gasteiger partial charge is 0.289 e. The minimum absolute atomic E-state index is 0.212. The SMILES string of the molecule is C=C(C)COC[SiH2]OC(C)=O. The average molecular weight is 174 g/mol. The molecule has 0 radical (unpaired) electrons. The van der Waals surface area contributed by atoms with E-state index in [1.807, 2.05) is 6.92 Å². The van der Waals surface area contributed by atoms with Gasteiger partial charge in [-0.1, -0.05) is 12.2 Å². The van der Waals surface area contributed by atoms with E-state index >= 15 is 0 Å². The molecule has 0 saturated carbocycles. The standard InChI is InChI=1S/C7H14O3Si/c1-6(2)4-9-5-11-10-7(3)8/h1,4-5,11H2,2-3H3. The first-order valence-electron chi connectivity index (χ1n) is 3.48. The molecule has 0 aromatic rings. The van der Waals surface area contributed by atoms with Crippen molar-refractivity contribution in [1.82, 2.24) is 0 Å². The summed E-state index contributed by atoms with van der Waals surface area (Å²) in [6.45, 7) is 7.54. The molecular weight excluding hydrogens is 160 g/mol. The predicted molar refractivity (Wildman–Crippen MR) is 45.9 cm³/mol. The lowest BCUT2D eigenvalue weighted by Gasteiger charge is -2.02. The molecule has 0 saturated heterocycles. The van der Waals surface area contributed by atoms with Crippen molar-refractivity contribution < 1.29 is 14.0 Å². The summed E-state index contributed by atoms with van der Waals surface area (Å²) < 4.78 is 9.90. The monoisotopic (exact) mass is 174 g/mol. The number of ether oxygens (including phenoxy) is 1. The number of hydrogen-bond donors (Lipinski definition) is 0. The normalized spacial score (nSPS) is 10.4. The summed E-state index contributed by atoms with van der Waals surface area (Å²) in [5.74, 6) is -0.212. The van der Waals surface area contributed by atoms with Crippen LogP contribution in [0.5, 0.6) is 0 Å². The van der Waals surface area contributed by atoms with E-state index in [0.717, 1.165) is 5.57 Å². The van der Waals surface area contributed by atoms with E-state index in [1.165, 1.54) is 6.92 Å². The summed E-state index contributed by atoms with van der Waals surface area (Å²) >= 11 is 0. The van der Waals surface area contributed by atoms with Crippen LogP contribution in [0.25, 0.3) is 0 Å². The maximum absolute atomic E-state index is 10.3. The Morgan fingerprint density at radius 2 is 2.18 bits per heavy atom. The van der Waals surface area contributed by atoms with Crippen molar-refractivity contribution in [2.24, 2.45) is 0 Å². The summed E-state index contributed by atoms with van der Waals surface area (Å²) in [6, 6.07) is 0. The second-order valence-corrected chi connectivity index (χ2v) is 3.45. The molecule has 0 rings (SSSR count). The molecule has 0 bridgehead atoms. The molecule has 0 unspecified atom stereocenters. The first kappa shape index (κ1) is 10.4. The Kier molecular flexibility index (Phi) is 5.78. The van der Waals surface area contributed by atoms with Gasteiger partial charge in [-0.2, -0.15) is 0 Å². The van der Waals surface area contributed by atoms with Crippen LogP contribution in [0.15, 0.2) is 12.2 Å². The zero-order chi connectivity index (χ0) is 8.69. The Bertz CT molecular complexity index is 129. The number of carbonyl (C=O) groups is 1. The van der Waals surface area contributed by atoms with Crippen molar-refractivity contribution in [2.75, 3.05) is 12.8 Å². The van der Waals surface area contributed by atoms with Gasteiger partial charge >= 0.3 is 0 Å². The Balaban J connectivity index is 3.03. The fourth-order valence-corrected chi connectivity index (χ4v) is 1.12. The van der Waals surface area contributed by atoms with Crippen LogP contribution in [0.1, 0.15) is 13.8 Å². The molecule has 0 N–H and O–H groups in total. The van der Waals surface area contributed by atoms with Crippen molar-refractivity contribution in [3.63, 3.8) is 0 Å². The molecule has 0 aliphatic rings. The van der Waals surface area contributed by atoms with Gasteiger partial charge in [0.05, 0.1) is 12.8 Å². The maximum atomic E-state index is 10.3. The highest BCUT2D eigenvalue weighted by atomic mass is 28.2. The Labute approximate surface area is 69.3 Å². The van der Waals surface area contributed by atoms with Crippen LogP contribution < -0.4 is 0 Å². The molecule has 0 heterocycles. The maximum Gasteiger partial charge on any atom is 0.289 e. The molecule has 3 nitrogen and oxygen atoms in total. The van der Waals surface area contributed by atoms with E-state index in [0.29, 0.717) is 12.8 Å². The van der Waals surface area contributed by atoms with Gasteiger partial charge < -0.3 is 9.16 Å². The van der Waals surface area contributed by atoms with Crippen LogP contribution in [0.2, 0.25) is 0 Å². The van der Waals surface area contributed by atoms with E-state index in [1.54, 1.807) is 0 Å². The van der Waals surface area contributed by atoms with Crippen molar-refractivity contribution in [3.05, 3.63) is 12.2 Å². The largest absolute Gasteiger partial charge is 0.523 e. The van der Waals surface area contributed by atoms with Crippen LogP contribution in [0, 0.1) is 0 Å². The van der Waals surface area contributed by atoms with Gasteiger partial charge in [-0.25, -0.2) is 0 Å². The predicted octanol–water partition coefficient (Wildman–Crippen LogP) is 0.183. The molecule has 0 atom stereocenters. The van der Waals surface area contributed by atoms with Crippen LogP contribution >= 0.6 is 0 Å². The number of carbonyl (C=O) groups excluding carboxylic acids is 1. The van der Waals surface area contributed by atoms with Crippen LogP contribution in [-0.4, -0.2) is 28.6 Å². The fraction of sp³-hybridized carbons (Fsp3) is 0.571. The van der Waals surface area contributed by atoms with E-state index < -0.39 is 9.76 Å². The third kappa shape index (κ3) is 9.39. The summed E-state index contributed by atoms with van der Waals surface area (Å²) in [5, 5.41) is 0. The highest BCUT2D eigenvalue weighted by Gasteiger charge is 1.93. The molecule has 11 heavy (non-hydrogen) atoms. The summed E-state index contributed by atoms with van der Waals surface area (Å²) in [4.78, 5) is 10.3. The number of rotatable bonds is 5. The van der Waals surface area contributed by atoms with Gasteiger partial charge in [-0.15, -0.1) is 0 Å². The molecule has 64 valence electrons. The molecule has 0 aromatic heterocycles. The van der Waals surface area contributed by atoms with Crippen molar-refractivity contribution in [1.29, 1.82) is 0 Å². The van der Waals surface area contributed by atoms with E-state index in [9.17, 15) is 4.79 Å². The Hall–Kier alpha value is -0.613. The lowest BCUT2D eigenvalue weighted by atomic mass is 10.4. The molecule has 0 spiro atoms. The van der Waals surface area contributed by atoms with Crippen molar-refractivity contribution >= 4 is 15.7 Å². The third-order valence-electron chi connectivity index (χ3n) is 0.881. The Morgan fingerprint density at radius 3 is 2.64 bits per heavy atom. The number of hydrogen-bond acceptors (Lipinski definition) is 3. The molecule has 0 aliphatic carbocycles. The van der Waals surface area contributed by atoms with Gasteiger partial charge in [0, 0.05) is 6.92 Å². The molecule has 4 heteroatoms. The summed E-state index contributed by atoms with van der Waals surface area (Å²) in [7, 11) is -0.792. The van der Waals surface area contributed by atoms with Gasteiger partial charge in [0.1, 0.15) is 0 Å². The minimum Gasteiger partial charge on any atom is -0.523 e. The second kappa shape index (κ2) is 6.12. The molecule has 0 aromatic carbocycles. The lowest BCUT2D eigenvalue weighted by molar-refractivity contribution is -0.132. The summed E-state index contributed by atoms with van der Waals surface area (Å²) in [5.41, 5.74) is 0.988. The van der Waals surface area contributed by atoms with Crippen LogP contribution in [0.3, 0.4) is 0 Å². The van der Waals surface area contributed by atoms with Crippen molar-refractivity contribution in [3.8, 4) is 0 Å². The Morgan fingerprint density at radius 1 is 1.55 bits per heavy atom. The topological polar surface area (TPSA) is 35.5 Å². The second-order valence-electron chi connectivity index (χ2n) is 2.35. The molecular formula is C7H14O3Si. The fourth-order valence-electron chi connectivity index (χ4n) is 0.491. The molecule has 0 fully saturated rings. The minimum atomic E-state index is -0.792. The third-order valence-corrected chi connectivity index (χ3v) is 1.95. The van der Waals surface area contributed by atoms with Gasteiger partial charge in [-0.3, -0.25) is 4.79 Å². The zero-order valence-corrected chi connectivity index (χ0v) is 8.47. The quantitative estimate of drug-likeness (QED) is 0.339. The van der Waals surface area contributed by atoms with Gasteiger partial charge in [0.15, 0.2) is 0 Å². The molecule has 0 amide bonds. The highest BCUT2D eigenvalue weighted by molar-refractivity contribution is 6.30. The van der Waals surface area contributed by atoms with E-state index in [-0.39, 0.29) is 5.97 Å². The van der Waals surface area contributed by atoms with Gasteiger partial charge in [0.25, 0.3) is 5.97 Å². The first-order chi connectivity index (χ1) is 5.13. The zero-order valence-electron chi connectivity index (χ0n) is 7.05. The first-order valence-corrected chi connectivity index (χ1v) is 5.06. The summed E-state index contributed by atoms with van der Waals surface area (Å²) in [6.07, 6.45) is 0.576. The lowest BCUT2D eigenvalue weighted by Crippen LogP contribution is -2.12. The average Bonchev–Trinajstić information content (AvgIpc) is 1.85.